The minimum absolute atomic E-state index is 0.107. The minimum atomic E-state index is -0.455. The van der Waals surface area contributed by atoms with Crippen LogP contribution in [0.25, 0.3) is 22.0 Å². The van der Waals surface area contributed by atoms with E-state index >= 15 is 0 Å². The molecule has 32 heavy (non-hydrogen) atoms. The van der Waals surface area contributed by atoms with Gasteiger partial charge in [0.1, 0.15) is 17.2 Å². The lowest BCUT2D eigenvalue weighted by Crippen LogP contribution is -2.36. The zero-order valence-corrected chi connectivity index (χ0v) is 19.1. The van der Waals surface area contributed by atoms with Crippen molar-refractivity contribution in [3.8, 4) is 5.75 Å². The Morgan fingerprint density at radius 2 is 2.00 bits per heavy atom. The fourth-order valence-electron chi connectivity index (χ4n) is 3.76. The molecule has 4 aromatic rings. The highest BCUT2D eigenvalue weighted by Crippen LogP contribution is 2.31. The number of ether oxygens (including phenoxy) is 1. The average Bonchev–Trinajstić information content (AvgIpc) is 3.07. The van der Waals surface area contributed by atoms with Crippen LogP contribution >= 0.6 is 11.6 Å². The molecular weight excluding hydrogens is 430 g/mol. The van der Waals surface area contributed by atoms with Crippen LogP contribution in [0.3, 0.4) is 0 Å². The molecule has 0 aliphatic rings. The van der Waals surface area contributed by atoms with Gasteiger partial charge in [0.15, 0.2) is 6.61 Å². The van der Waals surface area contributed by atoms with Gasteiger partial charge in [-0.15, -0.1) is 0 Å². The van der Waals surface area contributed by atoms with Crippen molar-refractivity contribution >= 4 is 39.5 Å². The van der Waals surface area contributed by atoms with Crippen LogP contribution in [-0.4, -0.2) is 22.1 Å². The first-order chi connectivity index (χ1) is 15.2. The Bertz CT molecular complexity index is 1370. The van der Waals surface area contributed by atoms with Crippen LogP contribution in [-0.2, 0) is 11.8 Å². The van der Waals surface area contributed by atoms with E-state index in [-0.39, 0.29) is 30.2 Å². The lowest BCUT2D eigenvalue weighted by Gasteiger charge is -2.22. The molecule has 1 N–H and O–H groups in total. The summed E-state index contributed by atoms with van der Waals surface area (Å²) < 4.78 is 12.9. The van der Waals surface area contributed by atoms with Crippen molar-refractivity contribution in [1.82, 2.24) is 14.9 Å². The van der Waals surface area contributed by atoms with Crippen molar-refractivity contribution in [2.75, 3.05) is 6.61 Å². The van der Waals surface area contributed by atoms with Crippen LogP contribution in [0.5, 0.6) is 5.75 Å². The standard InChI is InChI=1S/C24H24ClN3O4/c1-13(2)23(24-26-17-7-5-6-8-18(17)28(24)4)27-21(29)12-31-20-11-19-15(10-16(20)25)14(3)9-22(30)32-19/h5-11,13,23H,12H2,1-4H3,(H,27,29). The van der Waals surface area contributed by atoms with E-state index < -0.39 is 5.63 Å². The highest BCUT2D eigenvalue weighted by atomic mass is 35.5. The molecule has 7 nitrogen and oxygen atoms in total. The first kappa shape index (κ1) is 21.9. The normalized spacial score (nSPS) is 12.4. The second-order valence-corrected chi connectivity index (χ2v) is 8.53. The molecule has 1 amide bonds. The number of imidazole rings is 1. The van der Waals surface area contributed by atoms with E-state index in [0.717, 1.165) is 22.4 Å². The van der Waals surface area contributed by atoms with Crippen molar-refractivity contribution in [3.63, 3.8) is 0 Å². The van der Waals surface area contributed by atoms with E-state index in [1.54, 1.807) is 13.0 Å². The highest BCUT2D eigenvalue weighted by Gasteiger charge is 2.24. The monoisotopic (exact) mass is 453 g/mol. The maximum absolute atomic E-state index is 12.7. The van der Waals surface area contributed by atoms with Crippen LogP contribution in [0.4, 0.5) is 0 Å². The van der Waals surface area contributed by atoms with Gasteiger partial charge in [-0.2, -0.15) is 0 Å². The summed E-state index contributed by atoms with van der Waals surface area (Å²) in [6.45, 7) is 5.61. The zero-order chi connectivity index (χ0) is 23.0. The van der Waals surface area contributed by atoms with Crippen molar-refractivity contribution < 1.29 is 13.9 Å². The highest BCUT2D eigenvalue weighted by molar-refractivity contribution is 6.32. The van der Waals surface area contributed by atoms with Crippen molar-refractivity contribution in [1.29, 1.82) is 0 Å². The lowest BCUT2D eigenvalue weighted by atomic mass is 10.0. The molecule has 1 atom stereocenters. The Hall–Kier alpha value is -3.32. The number of hydrogen-bond donors (Lipinski definition) is 1. The number of carbonyl (C=O) groups excluding carboxylic acids is 1. The topological polar surface area (TPSA) is 86.4 Å². The van der Waals surface area contributed by atoms with Crippen molar-refractivity contribution in [2.24, 2.45) is 13.0 Å². The summed E-state index contributed by atoms with van der Waals surface area (Å²) in [5, 5.41) is 4.06. The number of rotatable bonds is 6. The molecule has 166 valence electrons. The van der Waals surface area contributed by atoms with Crippen molar-refractivity contribution in [2.45, 2.75) is 26.8 Å². The summed E-state index contributed by atoms with van der Waals surface area (Å²) in [4.78, 5) is 29.1. The number of carbonyl (C=O) groups is 1. The first-order valence-electron chi connectivity index (χ1n) is 10.3. The molecule has 0 spiro atoms. The van der Waals surface area contributed by atoms with Crippen molar-refractivity contribution in [3.05, 3.63) is 69.3 Å². The van der Waals surface area contributed by atoms with Gasteiger partial charge in [0.25, 0.3) is 5.91 Å². The Labute approximate surface area is 190 Å². The van der Waals surface area contributed by atoms with E-state index in [1.807, 2.05) is 49.7 Å². The number of nitrogens with one attached hydrogen (secondary N) is 1. The van der Waals surface area contributed by atoms with E-state index in [0.29, 0.717) is 16.0 Å². The number of fused-ring (bicyclic) bond motifs is 2. The lowest BCUT2D eigenvalue weighted by molar-refractivity contribution is -0.124. The molecule has 4 rings (SSSR count). The third-order valence-corrected chi connectivity index (χ3v) is 5.74. The third-order valence-electron chi connectivity index (χ3n) is 5.45. The number of aryl methyl sites for hydroxylation is 2. The predicted octanol–water partition coefficient (Wildman–Crippen LogP) is 4.53. The summed E-state index contributed by atoms with van der Waals surface area (Å²) in [5.41, 5.74) is 2.53. The quantitative estimate of drug-likeness (QED) is 0.433. The second-order valence-electron chi connectivity index (χ2n) is 8.12. The fraction of sp³-hybridized carbons (Fsp3) is 0.292. The summed E-state index contributed by atoms with van der Waals surface area (Å²) in [7, 11) is 1.94. The molecule has 0 aliphatic heterocycles. The number of halogens is 1. The average molecular weight is 454 g/mol. The van der Waals surface area contributed by atoms with Crippen LogP contribution in [0.2, 0.25) is 5.02 Å². The summed E-state index contributed by atoms with van der Waals surface area (Å²) in [6.07, 6.45) is 0. The van der Waals surface area contributed by atoms with Gasteiger partial charge in [-0.05, 0) is 36.6 Å². The molecule has 0 fully saturated rings. The zero-order valence-electron chi connectivity index (χ0n) is 18.3. The second kappa shape index (κ2) is 8.67. The van der Waals surface area contributed by atoms with Crippen LogP contribution in [0.1, 0.15) is 31.3 Å². The Morgan fingerprint density at radius 3 is 2.72 bits per heavy atom. The van der Waals surface area contributed by atoms with Gasteiger partial charge < -0.3 is 19.0 Å². The summed E-state index contributed by atoms with van der Waals surface area (Å²) in [6, 6.07) is 12.1. The first-order valence-corrected chi connectivity index (χ1v) is 10.7. The number of aromatic nitrogens is 2. The number of benzene rings is 2. The van der Waals surface area contributed by atoms with E-state index in [4.69, 9.17) is 25.7 Å². The van der Waals surface area contributed by atoms with Gasteiger partial charge in [0.05, 0.1) is 22.1 Å². The number of hydrogen-bond acceptors (Lipinski definition) is 5. The summed E-state index contributed by atoms with van der Waals surface area (Å²) in [5.74, 6) is 0.844. The molecule has 0 bridgehead atoms. The Balaban J connectivity index is 1.52. The van der Waals surface area contributed by atoms with Gasteiger partial charge in [0.2, 0.25) is 0 Å². The molecule has 8 heteroatoms. The van der Waals surface area contributed by atoms with Gasteiger partial charge in [-0.1, -0.05) is 37.6 Å². The maximum atomic E-state index is 12.7. The van der Waals surface area contributed by atoms with E-state index in [2.05, 4.69) is 5.32 Å². The Kier molecular flexibility index (Phi) is 5.93. The van der Waals surface area contributed by atoms with Gasteiger partial charge >= 0.3 is 5.63 Å². The number of para-hydroxylation sites is 2. The van der Waals surface area contributed by atoms with Gasteiger partial charge in [-0.3, -0.25) is 4.79 Å². The number of nitrogens with zero attached hydrogens (tertiary/aromatic N) is 2. The molecule has 2 aromatic heterocycles. The molecule has 0 saturated carbocycles. The Morgan fingerprint density at radius 1 is 1.25 bits per heavy atom. The number of amides is 1. The van der Waals surface area contributed by atoms with Gasteiger partial charge in [-0.25, -0.2) is 9.78 Å². The third kappa shape index (κ3) is 4.21. The molecule has 0 radical (unpaired) electrons. The molecule has 0 saturated heterocycles. The minimum Gasteiger partial charge on any atom is -0.482 e. The van der Waals surface area contributed by atoms with Crippen LogP contribution in [0.15, 0.2) is 51.7 Å². The van der Waals surface area contributed by atoms with E-state index in [9.17, 15) is 9.59 Å². The molecular formula is C24H24ClN3O4. The smallest absolute Gasteiger partial charge is 0.336 e. The molecule has 1 unspecified atom stereocenters. The SMILES string of the molecule is Cc1cc(=O)oc2cc(OCC(=O)NC(c3nc4ccccc4n3C)C(C)C)c(Cl)cc12. The summed E-state index contributed by atoms with van der Waals surface area (Å²) >= 11 is 6.33. The van der Waals surface area contributed by atoms with Crippen LogP contribution < -0.4 is 15.7 Å². The fourth-order valence-corrected chi connectivity index (χ4v) is 3.98. The predicted molar refractivity (Wildman–Crippen MR) is 124 cm³/mol. The maximum Gasteiger partial charge on any atom is 0.336 e. The molecule has 0 aliphatic carbocycles. The van der Waals surface area contributed by atoms with Gasteiger partial charge in [0, 0.05) is 24.6 Å². The van der Waals surface area contributed by atoms with E-state index in [1.165, 1.54) is 12.1 Å². The molecule has 2 aromatic carbocycles. The van der Waals surface area contributed by atoms with Crippen LogP contribution in [0, 0.1) is 12.8 Å². The largest absolute Gasteiger partial charge is 0.482 e. The molecule has 2 heterocycles.